The van der Waals surface area contributed by atoms with Gasteiger partial charge in [0, 0.05) is 42.7 Å². The van der Waals surface area contributed by atoms with E-state index in [4.69, 9.17) is 9.97 Å². The van der Waals surface area contributed by atoms with Crippen LogP contribution < -0.4 is 4.90 Å². The lowest BCUT2D eigenvalue weighted by Gasteiger charge is -2.34. The molecule has 0 atom stereocenters. The highest BCUT2D eigenvalue weighted by atomic mass is 16.2. The van der Waals surface area contributed by atoms with Gasteiger partial charge in [-0.15, -0.1) is 0 Å². The summed E-state index contributed by atoms with van der Waals surface area (Å²) in [5.74, 6) is 1.90. The predicted octanol–water partition coefficient (Wildman–Crippen LogP) is 4.89. The van der Waals surface area contributed by atoms with Crippen molar-refractivity contribution in [3.05, 3.63) is 77.0 Å². The maximum atomic E-state index is 13.3. The summed E-state index contributed by atoms with van der Waals surface area (Å²) in [6.07, 6.45) is 5.38. The third kappa shape index (κ3) is 4.12. The summed E-state index contributed by atoms with van der Waals surface area (Å²) >= 11 is 0. The first kappa shape index (κ1) is 20.7. The summed E-state index contributed by atoms with van der Waals surface area (Å²) in [4.78, 5) is 27.6. The van der Waals surface area contributed by atoms with Crippen molar-refractivity contribution >= 4 is 11.7 Å². The second-order valence-corrected chi connectivity index (χ2v) is 8.74. The minimum absolute atomic E-state index is 0.0926. The lowest BCUT2D eigenvalue weighted by molar-refractivity contribution is 0.0733. The van der Waals surface area contributed by atoms with Crippen LogP contribution in [-0.4, -0.2) is 40.4 Å². The van der Waals surface area contributed by atoms with Crippen molar-refractivity contribution in [2.45, 2.75) is 45.6 Å². The molecule has 0 spiro atoms. The zero-order valence-electron chi connectivity index (χ0n) is 18.8. The summed E-state index contributed by atoms with van der Waals surface area (Å²) < 4.78 is 0. The number of carbonyl (C=O) groups is 1. The smallest absolute Gasteiger partial charge is 0.254 e. The molecule has 3 heterocycles. The standard InChI is InChI=1S/C27H30N4O/c1-2-20-11-13-22(14-12-20)27(32)31-18-15-24-23(19-31)26(30-16-7-4-8-17-30)29-25(28-24)21-9-5-3-6-10-21/h3,5-6,9-14H,2,4,7-8,15-19H2,1H3. The molecule has 5 nitrogen and oxygen atoms in total. The van der Waals surface area contributed by atoms with E-state index in [1.807, 2.05) is 35.2 Å². The number of carbonyl (C=O) groups excluding carboxylic acids is 1. The maximum Gasteiger partial charge on any atom is 0.254 e. The lowest BCUT2D eigenvalue weighted by Crippen LogP contribution is -2.39. The van der Waals surface area contributed by atoms with Gasteiger partial charge in [-0.05, 0) is 43.4 Å². The van der Waals surface area contributed by atoms with Gasteiger partial charge in [0.25, 0.3) is 5.91 Å². The van der Waals surface area contributed by atoms with Crippen LogP contribution in [0, 0.1) is 0 Å². The maximum absolute atomic E-state index is 13.3. The normalized spacial score (nSPS) is 16.0. The number of hydrogen-bond acceptors (Lipinski definition) is 4. The van der Waals surface area contributed by atoms with Gasteiger partial charge < -0.3 is 9.80 Å². The molecule has 0 unspecified atom stereocenters. The Morgan fingerprint density at radius 1 is 0.906 bits per heavy atom. The topological polar surface area (TPSA) is 49.3 Å². The summed E-state index contributed by atoms with van der Waals surface area (Å²) in [6.45, 7) is 5.43. The van der Waals surface area contributed by atoms with Crippen LogP contribution in [0.25, 0.3) is 11.4 Å². The molecule has 5 heteroatoms. The molecule has 0 aliphatic carbocycles. The fourth-order valence-electron chi connectivity index (χ4n) is 4.72. The highest BCUT2D eigenvalue weighted by Crippen LogP contribution is 2.31. The number of rotatable bonds is 4. The molecular weight excluding hydrogens is 396 g/mol. The van der Waals surface area contributed by atoms with Crippen LogP contribution in [0.5, 0.6) is 0 Å². The Labute approximate surface area is 190 Å². The number of amides is 1. The molecule has 1 saturated heterocycles. The Hall–Kier alpha value is -3.21. The highest BCUT2D eigenvalue weighted by Gasteiger charge is 2.29. The van der Waals surface area contributed by atoms with E-state index in [2.05, 4.69) is 36.1 Å². The molecule has 0 N–H and O–H groups in total. The minimum atomic E-state index is 0.0926. The van der Waals surface area contributed by atoms with Crippen molar-refractivity contribution in [2.75, 3.05) is 24.5 Å². The summed E-state index contributed by atoms with van der Waals surface area (Å²) in [5.41, 5.74) is 5.26. The number of fused-ring (bicyclic) bond motifs is 1. The van der Waals surface area contributed by atoms with Gasteiger partial charge in [0.15, 0.2) is 5.82 Å². The lowest BCUT2D eigenvalue weighted by atomic mass is 10.0. The number of benzene rings is 2. The van der Waals surface area contributed by atoms with Gasteiger partial charge in [-0.1, -0.05) is 49.4 Å². The van der Waals surface area contributed by atoms with E-state index in [-0.39, 0.29) is 5.91 Å². The average Bonchev–Trinajstić information content (AvgIpc) is 2.88. The van der Waals surface area contributed by atoms with E-state index in [1.165, 1.54) is 24.8 Å². The highest BCUT2D eigenvalue weighted by molar-refractivity contribution is 5.94. The second-order valence-electron chi connectivity index (χ2n) is 8.74. The van der Waals surface area contributed by atoms with Gasteiger partial charge >= 0.3 is 0 Å². The third-order valence-electron chi connectivity index (χ3n) is 6.62. The third-order valence-corrected chi connectivity index (χ3v) is 6.62. The van der Waals surface area contributed by atoms with Crippen LogP contribution in [0.3, 0.4) is 0 Å². The summed E-state index contributed by atoms with van der Waals surface area (Å²) in [7, 11) is 0. The summed E-state index contributed by atoms with van der Waals surface area (Å²) in [6, 6.07) is 18.2. The molecule has 0 bridgehead atoms. The molecule has 2 aromatic carbocycles. The molecule has 1 amide bonds. The Bertz CT molecular complexity index is 1090. The van der Waals surface area contributed by atoms with Crippen LogP contribution >= 0.6 is 0 Å². The SMILES string of the molecule is CCc1ccc(C(=O)N2CCc3nc(-c4ccccc4)nc(N4CCCCC4)c3C2)cc1. The van der Waals surface area contributed by atoms with Crippen LogP contribution in [0.1, 0.15) is 53.4 Å². The molecule has 164 valence electrons. The molecule has 2 aliphatic heterocycles. The van der Waals surface area contributed by atoms with Gasteiger partial charge in [0.2, 0.25) is 0 Å². The van der Waals surface area contributed by atoms with Crippen molar-refractivity contribution in [1.29, 1.82) is 0 Å². The van der Waals surface area contributed by atoms with Crippen LogP contribution in [-0.2, 0) is 19.4 Å². The average molecular weight is 427 g/mol. The quantitative estimate of drug-likeness (QED) is 0.596. The molecular formula is C27H30N4O. The van der Waals surface area contributed by atoms with E-state index in [0.717, 1.165) is 60.0 Å². The van der Waals surface area contributed by atoms with Crippen molar-refractivity contribution in [3.63, 3.8) is 0 Å². The second kappa shape index (κ2) is 9.11. The monoisotopic (exact) mass is 426 g/mol. The van der Waals surface area contributed by atoms with Crippen LogP contribution in [0.15, 0.2) is 54.6 Å². The molecule has 32 heavy (non-hydrogen) atoms. The number of piperidine rings is 1. The van der Waals surface area contributed by atoms with E-state index in [1.54, 1.807) is 0 Å². The number of aromatic nitrogens is 2. The van der Waals surface area contributed by atoms with Gasteiger partial charge in [0.05, 0.1) is 12.2 Å². The molecule has 2 aliphatic rings. The molecule has 3 aromatic rings. The summed E-state index contributed by atoms with van der Waals surface area (Å²) in [5, 5.41) is 0. The van der Waals surface area contributed by atoms with Crippen molar-refractivity contribution in [2.24, 2.45) is 0 Å². The van der Waals surface area contributed by atoms with Gasteiger partial charge in [-0.25, -0.2) is 9.97 Å². The predicted molar refractivity (Wildman–Crippen MR) is 128 cm³/mol. The van der Waals surface area contributed by atoms with Crippen molar-refractivity contribution < 1.29 is 4.79 Å². The van der Waals surface area contributed by atoms with E-state index < -0.39 is 0 Å². The first-order valence-corrected chi connectivity index (χ1v) is 11.8. The van der Waals surface area contributed by atoms with Gasteiger partial charge in [-0.2, -0.15) is 0 Å². The number of aryl methyl sites for hydroxylation is 1. The van der Waals surface area contributed by atoms with E-state index in [9.17, 15) is 4.79 Å². The fourth-order valence-corrected chi connectivity index (χ4v) is 4.72. The minimum Gasteiger partial charge on any atom is -0.356 e. The largest absolute Gasteiger partial charge is 0.356 e. The van der Waals surface area contributed by atoms with Crippen molar-refractivity contribution in [3.8, 4) is 11.4 Å². The van der Waals surface area contributed by atoms with E-state index >= 15 is 0 Å². The number of nitrogens with zero attached hydrogens (tertiary/aromatic N) is 4. The van der Waals surface area contributed by atoms with Crippen LogP contribution in [0.2, 0.25) is 0 Å². The number of hydrogen-bond donors (Lipinski definition) is 0. The molecule has 1 aromatic heterocycles. The Morgan fingerprint density at radius 3 is 2.38 bits per heavy atom. The van der Waals surface area contributed by atoms with E-state index in [0.29, 0.717) is 13.1 Å². The molecule has 0 saturated carbocycles. The molecule has 0 radical (unpaired) electrons. The Balaban J connectivity index is 1.49. The van der Waals surface area contributed by atoms with Gasteiger partial charge in [0.1, 0.15) is 5.82 Å². The fraction of sp³-hybridized carbons (Fsp3) is 0.370. The first-order valence-electron chi connectivity index (χ1n) is 11.8. The first-order chi connectivity index (χ1) is 15.7. The molecule has 5 rings (SSSR count). The number of anilines is 1. The van der Waals surface area contributed by atoms with Crippen molar-refractivity contribution in [1.82, 2.24) is 14.9 Å². The van der Waals surface area contributed by atoms with Crippen LogP contribution in [0.4, 0.5) is 5.82 Å². The molecule has 1 fully saturated rings. The zero-order valence-corrected chi connectivity index (χ0v) is 18.8. The van der Waals surface area contributed by atoms with Gasteiger partial charge in [-0.3, -0.25) is 4.79 Å². The zero-order chi connectivity index (χ0) is 21.9. The Kier molecular flexibility index (Phi) is 5.89. The Morgan fingerprint density at radius 2 is 1.66 bits per heavy atom.